The molecule has 0 spiro atoms. The van der Waals surface area contributed by atoms with Crippen LogP contribution in [0, 0.1) is 13.8 Å². The fraction of sp³-hybridized carbons (Fsp3) is 0.462. The third kappa shape index (κ3) is 4.07. The van der Waals surface area contributed by atoms with E-state index in [0.717, 1.165) is 16.7 Å². The van der Waals surface area contributed by atoms with Gasteiger partial charge in [-0.05, 0) is 25.0 Å². The average molecular weight is 236 g/mol. The predicted molar refractivity (Wildman–Crippen MR) is 67.8 cm³/mol. The molecule has 0 bridgehead atoms. The lowest BCUT2D eigenvalue weighted by molar-refractivity contribution is 0.105. The molecule has 94 valence electrons. The molecule has 0 heterocycles. The van der Waals surface area contributed by atoms with E-state index in [2.05, 4.69) is 0 Å². The first kappa shape index (κ1) is 13.5. The van der Waals surface area contributed by atoms with E-state index in [0.29, 0.717) is 19.7 Å². The number of likely N-dealkylation sites (N-methyl/N-ethyl adjacent to an activating group) is 1. The maximum atomic E-state index is 11.6. The van der Waals surface area contributed by atoms with Gasteiger partial charge in [-0.1, -0.05) is 23.8 Å². The molecule has 0 atom stereocenters. The highest BCUT2D eigenvalue weighted by Crippen LogP contribution is 2.12. The molecule has 0 aliphatic rings. The van der Waals surface area contributed by atoms with Crippen molar-refractivity contribution in [3.05, 3.63) is 34.9 Å². The molecule has 4 heteroatoms. The normalized spacial score (nSPS) is 10.1. The summed E-state index contributed by atoms with van der Waals surface area (Å²) in [4.78, 5) is 13.0. The first-order chi connectivity index (χ1) is 8.04. The summed E-state index contributed by atoms with van der Waals surface area (Å²) in [5, 5.41) is 0. The zero-order valence-corrected chi connectivity index (χ0v) is 10.7. The summed E-state index contributed by atoms with van der Waals surface area (Å²) in [5.41, 5.74) is 8.70. The van der Waals surface area contributed by atoms with E-state index in [1.165, 1.54) is 4.90 Å². The first-order valence-electron chi connectivity index (χ1n) is 5.68. The van der Waals surface area contributed by atoms with E-state index >= 15 is 0 Å². The Hall–Kier alpha value is -1.55. The molecule has 0 aromatic heterocycles. The highest BCUT2D eigenvalue weighted by Gasteiger charge is 2.09. The van der Waals surface area contributed by atoms with Crippen molar-refractivity contribution in [2.24, 2.45) is 5.73 Å². The summed E-state index contributed by atoms with van der Waals surface area (Å²) in [7, 11) is 1.68. The standard InChI is InChI=1S/C13H20N2O2/c1-10-4-5-11(2)12(8-10)9-17-13(16)15(3)7-6-14/h4-5,8H,6-7,9,14H2,1-3H3. The molecule has 0 aliphatic carbocycles. The van der Waals surface area contributed by atoms with Gasteiger partial charge in [0.15, 0.2) is 0 Å². The molecular weight excluding hydrogens is 216 g/mol. The van der Waals surface area contributed by atoms with Crippen LogP contribution in [0.3, 0.4) is 0 Å². The van der Waals surface area contributed by atoms with Gasteiger partial charge >= 0.3 is 6.09 Å². The molecule has 0 fully saturated rings. The molecule has 0 radical (unpaired) electrons. The zero-order chi connectivity index (χ0) is 12.8. The van der Waals surface area contributed by atoms with Crippen molar-refractivity contribution in [3.8, 4) is 0 Å². The van der Waals surface area contributed by atoms with Gasteiger partial charge in [-0.3, -0.25) is 0 Å². The first-order valence-corrected chi connectivity index (χ1v) is 5.68. The fourth-order valence-electron chi connectivity index (χ4n) is 1.49. The second-order valence-electron chi connectivity index (χ2n) is 4.19. The van der Waals surface area contributed by atoms with Crippen molar-refractivity contribution < 1.29 is 9.53 Å². The summed E-state index contributed by atoms with van der Waals surface area (Å²) in [6.07, 6.45) is -0.337. The van der Waals surface area contributed by atoms with Gasteiger partial charge < -0.3 is 15.4 Å². The van der Waals surface area contributed by atoms with E-state index in [1.54, 1.807) is 7.05 Å². The predicted octanol–water partition coefficient (Wildman–Crippen LogP) is 1.83. The summed E-state index contributed by atoms with van der Waals surface area (Å²) >= 11 is 0. The molecular formula is C13H20N2O2. The van der Waals surface area contributed by atoms with E-state index in [9.17, 15) is 4.79 Å². The van der Waals surface area contributed by atoms with Crippen LogP contribution < -0.4 is 5.73 Å². The Kier molecular flexibility index (Phi) is 4.97. The minimum absolute atomic E-state index is 0.307. The topological polar surface area (TPSA) is 55.6 Å². The molecule has 0 saturated carbocycles. The Morgan fingerprint density at radius 2 is 2.12 bits per heavy atom. The van der Waals surface area contributed by atoms with Crippen LogP contribution in [0.1, 0.15) is 16.7 Å². The minimum atomic E-state index is -0.337. The van der Waals surface area contributed by atoms with E-state index in [-0.39, 0.29) is 6.09 Å². The van der Waals surface area contributed by atoms with Gasteiger partial charge in [0.25, 0.3) is 0 Å². The van der Waals surface area contributed by atoms with Crippen molar-refractivity contribution in [2.75, 3.05) is 20.1 Å². The van der Waals surface area contributed by atoms with Gasteiger partial charge in [-0.15, -0.1) is 0 Å². The molecule has 0 saturated heterocycles. The average Bonchev–Trinajstić information content (AvgIpc) is 2.30. The highest BCUT2D eigenvalue weighted by atomic mass is 16.6. The Morgan fingerprint density at radius 1 is 1.41 bits per heavy atom. The Labute approximate surface area is 102 Å². The lowest BCUT2D eigenvalue weighted by atomic mass is 10.1. The monoisotopic (exact) mass is 236 g/mol. The number of ether oxygens (including phenoxy) is 1. The molecule has 2 N–H and O–H groups in total. The molecule has 4 nitrogen and oxygen atoms in total. The summed E-state index contributed by atoms with van der Waals surface area (Å²) in [6.45, 7) is 5.28. The van der Waals surface area contributed by atoms with Gasteiger partial charge in [0.1, 0.15) is 6.61 Å². The number of benzene rings is 1. The smallest absolute Gasteiger partial charge is 0.409 e. The number of amides is 1. The van der Waals surface area contributed by atoms with Crippen LogP contribution in [0.2, 0.25) is 0 Å². The number of carbonyl (C=O) groups is 1. The van der Waals surface area contributed by atoms with Gasteiger partial charge in [0.2, 0.25) is 0 Å². The van der Waals surface area contributed by atoms with Crippen molar-refractivity contribution >= 4 is 6.09 Å². The van der Waals surface area contributed by atoms with Crippen LogP contribution in [0.5, 0.6) is 0 Å². The molecule has 17 heavy (non-hydrogen) atoms. The van der Waals surface area contributed by atoms with E-state index in [1.807, 2.05) is 32.0 Å². The highest BCUT2D eigenvalue weighted by molar-refractivity contribution is 5.67. The molecule has 1 aromatic carbocycles. The molecule has 0 unspecified atom stereocenters. The van der Waals surface area contributed by atoms with Crippen LogP contribution in [0.4, 0.5) is 4.79 Å². The Balaban J connectivity index is 2.55. The number of nitrogens with two attached hydrogens (primary N) is 1. The lowest BCUT2D eigenvalue weighted by Crippen LogP contribution is -2.32. The van der Waals surface area contributed by atoms with Gasteiger partial charge in [-0.2, -0.15) is 0 Å². The molecule has 1 aromatic rings. The summed E-state index contributed by atoms with van der Waals surface area (Å²) < 4.78 is 5.21. The van der Waals surface area contributed by atoms with Gasteiger partial charge in [-0.25, -0.2) is 4.79 Å². The molecule has 0 aliphatic heterocycles. The Morgan fingerprint density at radius 3 is 2.76 bits per heavy atom. The van der Waals surface area contributed by atoms with Crippen LogP contribution in [-0.2, 0) is 11.3 Å². The van der Waals surface area contributed by atoms with Gasteiger partial charge in [0, 0.05) is 20.1 Å². The second-order valence-corrected chi connectivity index (χ2v) is 4.19. The second kappa shape index (κ2) is 6.25. The summed E-state index contributed by atoms with van der Waals surface area (Å²) in [6, 6.07) is 6.11. The molecule has 1 rings (SSSR count). The fourth-order valence-corrected chi connectivity index (χ4v) is 1.49. The van der Waals surface area contributed by atoms with E-state index < -0.39 is 0 Å². The quantitative estimate of drug-likeness (QED) is 0.867. The van der Waals surface area contributed by atoms with Crippen molar-refractivity contribution in [2.45, 2.75) is 20.5 Å². The largest absolute Gasteiger partial charge is 0.445 e. The number of aryl methyl sites for hydroxylation is 2. The van der Waals surface area contributed by atoms with Crippen LogP contribution >= 0.6 is 0 Å². The number of rotatable bonds is 4. The SMILES string of the molecule is Cc1ccc(C)c(COC(=O)N(C)CCN)c1. The van der Waals surface area contributed by atoms with E-state index in [4.69, 9.17) is 10.5 Å². The van der Waals surface area contributed by atoms with Crippen LogP contribution in [0.15, 0.2) is 18.2 Å². The number of nitrogens with zero attached hydrogens (tertiary/aromatic N) is 1. The van der Waals surface area contributed by atoms with Gasteiger partial charge in [0.05, 0.1) is 0 Å². The lowest BCUT2D eigenvalue weighted by Gasteiger charge is -2.16. The third-order valence-electron chi connectivity index (χ3n) is 2.63. The Bertz CT molecular complexity index is 391. The van der Waals surface area contributed by atoms with Crippen LogP contribution in [-0.4, -0.2) is 31.1 Å². The van der Waals surface area contributed by atoms with Crippen molar-refractivity contribution in [1.82, 2.24) is 4.90 Å². The number of carbonyl (C=O) groups excluding carboxylic acids is 1. The van der Waals surface area contributed by atoms with Crippen molar-refractivity contribution in [3.63, 3.8) is 0 Å². The third-order valence-corrected chi connectivity index (χ3v) is 2.63. The summed E-state index contributed by atoms with van der Waals surface area (Å²) in [5.74, 6) is 0. The number of hydrogen-bond acceptors (Lipinski definition) is 3. The minimum Gasteiger partial charge on any atom is -0.445 e. The zero-order valence-electron chi connectivity index (χ0n) is 10.7. The number of hydrogen-bond donors (Lipinski definition) is 1. The maximum absolute atomic E-state index is 11.6. The molecule has 1 amide bonds. The van der Waals surface area contributed by atoms with Crippen LogP contribution in [0.25, 0.3) is 0 Å². The maximum Gasteiger partial charge on any atom is 0.409 e. The van der Waals surface area contributed by atoms with Crippen molar-refractivity contribution in [1.29, 1.82) is 0 Å².